The zero-order chi connectivity index (χ0) is 67.5. The van der Waals surface area contributed by atoms with Gasteiger partial charge in [-0.15, -0.1) is 0 Å². The fourth-order valence-electron chi connectivity index (χ4n) is 10.8. The lowest BCUT2D eigenvalue weighted by molar-refractivity contribution is -0.161. The Morgan fingerprint density at radius 3 is 0.780 bits per heavy atom. The third-order valence-electron chi connectivity index (χ3n) is 17.3. The van der Waals surface area contributed by atoms with E-state index in [9.17, 15) is 43.2 Å². The Labute approximate surface area is 556 Å². The number of phosphoric ester groups is 2. The molecule has 0 aliphatic rings. The molecule has 0 radical (unpaired) electrons. The molecule has 3 N–H and O–H groups in total. The Balaban J connectivity index is 5.22. The van der Waals surface area contributed by atoms with E-state index >= 15 is 0 Å². The molecule has 0 fully saturated rings. The molecular formula is C72H140O17P2. The van der Waals surface area contributed by atoms with Crippen LogP contribution in [-0.2, 0) is 65.4 Å². The Bertz CT molecular complexity index is 1800. The molecule has 7 atom stereocenters. The van der Waals surface area contributed by atoms with Crippen LogP contribution in [0.25, 0.3) is 0 Å². The van der Waals surface area contributed by atoms with Gasteiger partial charge in [-0.2, -0.15) is 0 Å². The molecule has 0 rings (SSSR count). The average molecular weight is 1340 g/mol. The Morgan fingerprint density at radius 2 is 0.527 bits per heavy atom. The molecule has 91 heavy (non-hydrogen) atoms. The average Bonchev–Trinajstić information content (AvgIpc) is 3.55. The SMILES string of the molecule is CCC(C)CCCCCCCCCCCCCCCCC(=O)O[C@H](COC(=O)CCCCCCCCC(C)C)COP(=O)(O)OC[C@H](O)COP(=O)(O)OC[C@@H](COC(=O)CCCCCCCCCCCC(C)C)OC(=O)CCCCCCCCCCC(C)CC. The van der Waals surface area contributed by atoms with Gasteiger partial charge in [0.2, 0.25) is 0 Å². The zero-order valence-corrected chi connectivity index (χ0v) is 61.3. The third-order valence-corrected chi connectivity index (χ3v) is 19.2. The first-order valence-electron chi connectivity index (χ1n) is 37.3. The summed E-state index contributed by atoms with van der Waals surface area (Å²) in [6.07, 6.45) is 44.5. The van der Waals surface area contributed by atoms with E-state index in [-0.39, 0.29) is 25.7 Å². The van der Waals surface area contributed by atoms with Gasteiger partial charge in [0.05, 0.1) is 26.4 Å². The molecule has 0 aliphatic heterocycles. The van der Waals surface area contributed by atoms with Crippen molar-refractivity contribution >= 4 is 39.5 Å². The van der Waals surface area contributed by atoms with Crippen LogP contribution in [0.4, 0.5) is 0 Å². The van der Waals surface area contributed by atoms with Crippen LogP contribution in [0.1, 0.15) is 357 Å². The third kappa shape index (κ3) is 63.9. The number of aliphatic hydroxyl groups is 1. The van der Waals surface area contributed by atoms with Gasteiger partial charge in [-0.05, 0) is 49.4 Å². The van der Waals surface area contributed by atoms with Crippen LogP contribution in [0, 0.1) is 23.7 Å². The van der Waals surface area contributed by atoms with Gasteiger partial charge in [0, 0.05) is 25.7 Å². The summed E-state index contributed by atoms with van der Waals surface area (Å²) < 4.78 is 68.3. The summed E-state index contributed by atoms with van der Waals surface area (Å²) >= 11 is 0. The fourth-order valence-corrected chi connectivity index (χ4v) is 12.4. The maximum atomic E-state index is 13.0. The highest BCUT2D eigenvalue weighted by molar-refractivity contribution is 7.47. The van der Waals surface area contributed by atoms with Gasteiger partial charge in [-0.1, -0.05) is 306 Å². The molecule has 0 bridgehead atoms. The van der Waals surface area contributed by atoms with E-state index < -0.39 is 97.5 Å². The monoisotopic (exact) mass is 1340 g/mol. The number of carbonyl (C=O) groups excluding carboxylic acids is 4. The van der Waals surface area contributed by atoms with Crippen LogP contribution < -0.4 is 0 Å². The van der Waals surface area contributed by atoms with Crippen LogP contribution in [0.3, 0.4) is 0 Å². The first-order chi connectivity index (χ1) is 43.7. The summed E-state index contributed by atoms with van der Waals surface area (Å²) in [4.78, 5) is 72.6. The van der Waals surface area contributed by atoms with E-state index in [1.165, 1.54) is 154 Å². The van der Waals surface area contributed by atoms with Gasteiger partial charge >= 0.3 is 39.5 Å². The molecule has 0 aromatic carbocycles. The predicted octanol–water partition coefficient (Wildman–Crippen LogP) is 20.5. The highest BCUT2D eigenvalue weighted by atomic mass is 31.2. The van der Waals surface area contributed by atoms with Gasteiger partial charge in [0.25, 0.3) is 0 Å². The molecular weight excluding hydrogens is 1200 g/mol. The Morgan fingerprint density at radius 1 is 0.308 bits per heavy atom. The van der Waals surface area contributed by atoms with Crippen molar-refractivity contribution in [2.45, 2.75) is 375 Å². The molecule has 0 heterocycles. The Kier molecular flexibility index (Phi) is 60.3. The second-order valence-corrected chi connectivity index (χ2v) is 30.3. The first kappa shape index (κ1) is 89.1. The minimum absolute atomic E-state index is 0.104. The second-order valence-electron chi connectivity index (χ2n) is 27.4. The summed E-state index contributed by atoms with van der Waals surface area (Å²) in [7, 11) is -9.91. The number of hydrogen-bond donors (Lipinski definition) is 3. The number of unbranched alkanes of at least 4 members (excludes halogenated alkanes) is 33. The number of aliphatic hydroxyl groups excluding tert-OH is 1. The first-order valence-corrected chi connectivity index (χ1v) is 40.3. The zero-order valence-electron chi connectivity index (χ0n) is 59.5. The lowest BCUT2D eigenvalue weighted by atomic mass is 9.99. The standard InChI is InChI=1S/C72H140O17P2/c1-9-64(7)50-42-34-25-19-15-13-11-12-14-16-20-28-38-46-54-71(76)88-68(59-83-70(75)53-45-37-31-30-33-41-49-63(5)6)61-87-91(80,81)85-57-66(73)56-84-90(78,79)86-60-67(89-72(77)55-47-39-29-23-22-26-35-43-51-65(8)10-2)58-82-69(74)52-44-36-27-21-17-18-24-32-40-48-62(3)4/h62-68,73H,9-61H2,1-8H3,(H,78,79)(H,80,81)/t64?,65?,66-,67-,68-/m1/s1. The maximum Gasteiger partial charge on any atom is 0.472 e. The molecule has 17 nitrogen and oxygen atoms in total. The summed E-state index contributed by atoms with van der Waals surface area (Å²) in [5.74, 6) is 0.909. The second kappa shape index (κ2) is 61.6. The van der Waals surface area contributed by atoms with Crippen LogP contribution in [0.2, 0.25) is 0 Å². The predicted molar refractivity (Wildman–Crippen MR) is 367 cm³/mol. The molecule has 19 heteroatoms. The van der Waals surface area contributed by atoms with Crippen molar-refractivity contribution in [3.05, 3.63) is 0 Å². The molecule has 540 valence electrons. The van der Waals surface area contributed by atoms with Crippen molar-refractivity contribution in [2.75, 3.05) is 39.6 Å². The molecule has 0 aromatic rings. The number of carbonyl (C=O) groups is 4. The number of hydrogen-bond acceptors (Lipinski definition) is 15. The number of esters is 4. The van der Waals surface area contributed by atoms with Crippen molar-refractivity contribution in [2.24, 2.45) is 23.7 Å². The van der Waals surface area contributed by atoms with Crippen molar-refractivity contribution in [3.8, 4) is 0 Å². The summed E-state index contributed by atoms with van der Waals surface area (Å²) in [5, 5.41) is 10.6. The number of rotatable bonds is 69. The normalized spacial score (nSPS) is 14.8. The minimum atomic E-state index is -4.95. The largest absolute Gasteiger partial charge is 0.472 e. The van der Waals surface area contributed by atoms with E-state index in [0.717, 1.165) is 114 Å². The van der Waals surface area contributed by atoms with Gasteiger partial charge < -0.3 is 33.8 Å². The van der Waals surface area contributed by atoms with Crippen LogP contribution >= 0.6 is 15.6 Å². The van der Waals surface area contributed by atoms with E-state index in [1.807, 2.05) is 0 Å². The molecule has 0 saturated heterocycles. The van der Waals surface area contributed by atoms with Crippen LogP contribution in [-0.4, -0.2) is 96.7 Å². The van der Waals surface area contributed by atoms with Gasteiger partial charge in [-0.25, -0.2) is 9.13 Å². The van der Waals surface area contributed by atoms with E-state index in [0.29, 0.717) is 31.6 Å². The van der Waals surface area contributed by atoms with Crippen molar-refractivity contribution in [1.29, 1.82) is 0 Å². The topological polar surface area (TPSA) is 237 Å². The van der Waals surface area contributed by atoms with Crippen molar-refractivity contribution in [3.63, 3.8) is 0 Å². The molecule has 0 aliphatic carbocycles. The molecule has 0 amide bonds. The Hall–Kier alpha value is -1.94. The molecule has 4 unspecified atom stereocenters. The smallest absolute Gasteiger partial charge is 0.462 e. The minimum Gasteiger partial charge on any atom is -0.462 e. The quantitative estimate of drug-likeness (QED) is 0.0222. The molecule has 0 spiro atoms. The van der Waals surface area contributed by atoms with Gasteiger partial charge in [0.15, 0.2) is 12.2 Å². The van der Waals surface area contributed by atoms with Gasteiger partial charge in [-0.3, -0.25) is 37.3 Å². The summed E-state index contributed by atoms with van der Waals surface area (Å²) in [6.45, 7) is 14.1. The highest BCUT2D eigenvalue weighted by Crippen LogP contribution is 2.45. The highest BCUT2D eigenvalue weighted by Gasteiger charge is 2.30. The number of ether oxygens (including phenoxy) is 4. The lowest BCUT2D eigenvalue weighted by Gasteiger charge is -2.21. The summed E-state index contributed by atoms with van der Waals surface area (Å²) in [5.41, 5.74) is 0. The van der Waals surface area contributed by atoms with Crippen LogP contribution in [0.5, 0.6) is 0 Å². The van der Waals surface area contributed by atoms with Gasteiger partial charge in [0.1, 0.15) is 19.3 Å². The van der Waals surface area contributed by atoms with E-state index in [4.69, 9.17) is 37.0 Å². The fraction of sp³-hybridized carbons (Fsp3) is 0.944. The van der Waals surface area contributed by atoms with E-state index in [2.05, 4.69) is 55.4 Å². The number of phosphoric acid groups is 2. The lowest BCUT2D eigenvalue weighted by Crippen LogP contribution is -2.30. The summed E-state index contributed by atoms with van der Waals surface area (Å²) in [6, 6.07) is 0. The van der Waals surface area contributed by atoms with Crippen molar-refractivity contribution in [1.82, 2.24) is 0 Å². The van der Waals surface area contributed by atoms with E-state index in [1.54, 1.807) is 0 Å². The van der Waals surface area contributed by atoms with Crippen molar-refractivity contribution < 1.29 is 80.2 Å². The maximum absolute atomic E-state index is 13.0. The molecule has 0 aromatic heterocycles. The van der Waals surface area contributed by atoms with Crippen LogP contribution in [0.15, 0.2) is 0 Å². The molecule has 0 saturated carbocycles.